The lowest BCUT2D eigenvalue weighted by molar-refractivity contribution is 0.236. The molecular formula is C18H24FN5. The highest BCUT2D eigenvalue weighted by molar-refractivity contribution is 5.65. The van der Waals surface area contributed by atoms with E-state index in [1.165, 1.54) is 12.1 Å². The van der Waals surface area contributed by atoms with Crippen molar-refractivity contribution in [1.29, 1.82) is 0 Å². The van der Waals surface area contributed by atoms with Crippen LogP contribution in [0.4, 0.5) is 10.3 Å². The van der Waals surface area contributed by atoms with Gasteiger partial charge in [0.15, 0.2) is 0 Å². The van der Waals surface area contributed by atoms with Gasteiger partial charge in [0.25, 0.3) is 0 Å². The minimum Gasteiger partial charge on any atom is -0.368 e. The van der Waals surface area contributed by atoms with Crippen molar-refractivity contribution in [2.45, 2.75) is 19.4 Å². The number of nitrogen functional groups attached to an aromatic ring is 1. The maximum absolute atomic E-state index is 13.2. The molecule has 0 spiro atoms. The summed E-state index contributed by atoms with van der Waals surface area (Å²) in [4.78, 5) is 13.5. The van der Waals surface area contributed by atoms with Crippen LogP contribution in [0.3, 0.4) is 0 Å². The van der Waals surface area contributed by atoms with Crippen LogP contribution in [0.2, 0.25) is 0 Å². The molecule has 6 heteroatoms. The van der Waals surface area contributed by atoms with Crippen molar-refractivity contribution in [3.05, 3.63) is 41.3 Å². The molecular weight excluding hydrogens is 305 g/mol. The third-order valence-electron chi connectivity index (χ3n) is 4.35. The van der Waals surface area contributed by atoms with Gasteiger partial charge in [-0.2, -0.15) is 0 Å². The van der Waals surface area contributed by atoms with Crippen molar-refractivity contribution >= 4 is 5.95 Å². The van der Waals surface area contributed by atoms with Crippen molar-refractivity contribution < 1.29 is 4.39 Å². The first kappa shape index (κ1) is 16.8. The third-order valence-corrected chi connectivity index (χ3v) is 4.35. The van der Waals surface area contributed by atoms with E-state index >= 15 is 0 Å². The van der Waals surface area contributed by atoms with Gasteiger partial charge in [-0.3, -0.25) is 4.90 Å². The first-order valence-electron chi connectivity index (χ1n) is 8.31. The molecule has 0 saturated carbocycles. The summed E-state index contributed by atoms with van der Waals surface area (Å²) in [5.74, 6) is 0.0362. The number of halogens is 1. The molecule has 2 aromatic rings. The second-order valence-corrected chi connectivity index (χ2v) is 6.55. The van der Waals surface area contributed by atoms with Crippen LogP contribution < -0.4 is 5.73 Å². The molecule has 0 bridgehead atoms. The summed E-state index contributed by atoms with van der Waals surface area (Å²) >= 11 is 0. The van der Waals surface area contributed by atoms with E-state index in [-0.39, 0.29) is 11.8 Å². The second kappa shape index (κ2) is 7.23. The van der Waals surface area contributed by atoms with Gasteiger partial charge in [-0.25, -0.2) is 14.4 Å². The van der Waals surface area contributed by atoms with Crippen molar-refractivity contribution in [3.63, 3.8) is 0 Å². The molecule has 0 amide bonds. The number of rotatable bonds is 5. The SMILES string of the molecule is CN(C)CCCN1CCc2nc(N)nc(-c3ccc(F)cc3)c2C1. The van der Waals surface area contributed by atoms with Crippen LogP contribution in [0.1, 0.15) is 17.7 Å². The lowest BCUT2D eigenvalue weighted by atomic mass is 9.99. The summed E-state index contributed by atoms with van der Waals surface area (Å²) in [6, 6.07) is 6.42. The highest BCUT2D eigenvalue weighted by Gasteiger charge is 2.22. The molecule has 3 rings (SSSR count). The van der Waals surface area contributed by atoms with Crippen molar-refractivity contribution in [2.24, 2.45) is 0 Å². The molecule has 0 unspecified atom stereocenters. The average molecular weight is 329 g/mol. The predicted molar refractivity (Wildman–Crippen MR) is 94.0 cm³/mol. The van der Waals surface area contributed by atoms with E-state index in [4.69, 9.17) is 5.73 Å². The molecule has 2 N–H and O–H groups in total. The van der Waals surface area contributed by atoms with Gasteiger partial charge < -0.3 is 10.6 Å². The molecule has 0 fully saturated rings. The first-order valence-corrected chi connectivity index (χ1v) is 8.31. The zero-order valence-electron chi connectivity index (χ0n) is 14.3. The number of benzene rings is 1. The number of hydrogen-bond donors (Lipinski definition) is 1. The molecule has 2 heterocycles. The molecule has 0 aliphatic carbocycles. The highest BCUT2D eigenvalue weighted by atomic mass is 19.1. The van der Waals surface area contributed by atoms with Gasteiger partial charge in [-0.05, 0) is 57.9 Å². The summed E-state index contributed by atoms with van der Waals surface area (Å²) < 4.78 is 13.2. The summed E-state index contributed by atoms with van der Waals surface area (Å²) in [5, 5.41) is 0. The van der Waals surface area contributed by atoms with E-state index in [1.54, 1.807) is 12.1 Å². The van der Waals surface area contributed by atoms with Crippen LogP contribution in [0.15, 0.2) is 24.3 Å². The Morgan fingerprint density at radius 3 is 2.67 bits per heavy atom. The van der Waals surface area contributed by atoms with E-state index in [0.717, 1.165) is 61.5 Å². The molecule has 5 nitrogen and oxygen atoms in total. The molecule has 1 aromatic heterocycles. The standard InChI is InChI=1S/C18H24FN5/c1-23(2)9-3-10-24-11-8-16-15(12-24)17(22-18(20)21-16)13-4-6-14(19)7-5-13/h4-7H,3,8-12H2,1-2H3,(H2,20,21,22). The summed E-state index contributed by atoms with van der Waals surface area (Å²) in [6.07, 6.45) is 2.00. The Balaban J connectivity index is 1.84. The number of nitrogens with zero attached hydrogens (tertiary/aromatic N) is 4. The second-order valence-electron chi connectivity index (χ2n) is 6.55. The fourth-order valence-electron chi connectivity index (χ4n) is 3.14. The van der Waals surface area contributed by atoms with Gasteiger partial charge in [0.2, 0.25) is 5.95 Å². The topological polar surface area (TPSA) is 58.3 Å². The minimum absolute atomic E-state index is 0.250. The first-order chi connectivity index (χ1) is 11.5. The van der Waals surface area contributed by atoms with Gasteiger partial charge in [0, 0.05) is 30.6 Å². The van der Waals surface area contributed by atoms with E-state index in [1.807, 2.05) is 0 Å². The molecule has 1 aliphatic rings. The molecule has 24 heavy (non-hydrogen) atoms. The molecule has 1 aromatic carbocycles. The zero-order chi connectivity index (χ0) is 17.1. The Hall–Kier alpha value is -2.05. The van der Waals surface area contributed by atoms with Gasteiger partial charge in [0.05, 0.1) is 11.4 Å². The molecule has 0 saturated heterocycles. The fourth-order valence-corrected chi connectivity index (χ4v) is 3.14. The normalized spacial score (nSPS) is 14.8. The number of nitrogens with two attached hydrogens (primary N) is 1. The lowest BCUT2D eigenvalue weighted by Crippen LogP contribution is -2.34. The highest BCUT2D eigenvalue weighted by Crippen LogP contribution is 2.29. The van der Waals surface area contributed by atoms with E-state index in [9.17, 15) is 4.39 Å². The third kappa shape index (κ3) is 3.88. The number of anilines is 1. The van der Waals surface area contributed by atoms with E-state index in [0.29, 0.717) is 0 Å². The van der Waals surface area contributed by atoms with Gasteiger partial charge >= 0.3 is 0 Å². The number of aromatic nitrogens is 2. The molecule has 128 valence electrons. The van der Waals surface area contributed by atoms with Crippen LogP contribution in [-0.2, 0) is 13.0 Å². The van der Waals surface area contributed by atoms with Crippen LogP contribution >= 0.6 is 0 Å². The smallest absolute Gasteiger partial charge is 0.220 e. The largest absolute Gasteiger partial charge is 0.368 e. The number of fused-ring (bicyclic) bond motifs is 1. The Bertz CT molecular complexity index is 699. The Morgan fingerprint density at radius 2 is 1.96 bits per heavy atom. The molecule has 0 atom stereocenters. The maximum Gasteiger partial charge on any atom is 0.220 e. The van der Waals surface area contributed by atoms with E-state index < -0.39 is 0 Å². The quantitative estimate of drug-likeness (QED) is 0.911. The maximum atomic E-state index is 13.2. The van der Waals surface area contributed by atoms with Crippen LogP contribution in [0, 0.1) is 5.82 Å². The van der Waals surface area contributed by atoms with E-state index in [2.05, 4.69) is 33.9 Å². The zero-order valence-corrected chi connectivity index (χ0v) is 14.3. The van der Waals surface area contributed by atoms with Crippen molar-refractivity contribution in [2.75, 3.05) is 39.5 Å². The summed E-state index contributed by atoms with van der Waals surface area (Å²) in [6.45, 7) is 3.92. The van der Waals surface area contributed by atoms with Crippen molar-refractivity contribution in [3.8, 4) is 11.3 Å². The lowest BCUT2D eigenvalue weighted by Gasteiger charge is -2.29. The predicted octanol–water partition coefficient (Wildman–Crippen LogP) is 2.17. The average Bonchev–Trinajstić information content (AvgIpc) is 2.55. The molecule has 0 radical (unpaired) electrons. The Kier molecular flexibility index (Phi) is 5.06. The van der Waals surface area contributed by atoms with Crippen LogP contribution in [0.5, 0.6) is 0 Å². The summed E-state index contributed by atoms with van der Waals surface area (Å²) in [5.41, 5.74) is 9.73. The fraction of sp³-hybridized carbons (Fsp3) is 0.444. The Morgan fingerprint density at radius 1 is 1.21 bits per heavy atom. The van der Waals surface area contributed by atoms with Crippen molar-refractivity contribution in [1.82, 2.24) is 19.8 Å². The van der Waals surface area contributed by atoms with Crippen LogP contribution in [-0.4, -0.2) is 53.5 Å². The Labute approximate surface area is 142 Å². The van der Waals surface area contributed by atoms with Crippen LogP contribution in [0.25, 0.3) is 11.3 Å². The van der Waals surface area contributed by atoms with Gasteiger partial charge in [-0.1, -0.05) is 0 Å². The van der Waals surface area contributed by atoms with Gasteiger partial charge in [-0.15, -0.1) is 0 Å². The monoisotopic (exact) mass is 329 g/mol. The van der Waals surface area contributed by atoms with Gasteiger partial charge in [0.1, 0.15) is 5.82 Å². The number of hydrogen-bond acceptors (Lipinski definition) is 5. The minimum atomic E-state index is -0.250. The molecule has 1 aliphatic heterocycles. The summed E-state index contributed by atoms with van der Waals surface area (Å²) in [7, 11) is 4.18.